The number of benzene rings is 2. The second-order valence-electron chi connectivity index (χ2n) is 8.57. The highest BCUT2D eigenvalue weighted by Crippen LogP contribution is 2.24. The van der Waals surface area contributed by atoms with Gasteiger partial charge < -0.3 is 9.32 Å². The van der Waals surface area contributed by atoms with Crippen molar-refractivity contribution < 1.29 is 9.21 Å². The van der Waals surface area contributed by atoms with Crippen molar-refractivity contribution in [1.82, 2.24) is 14.8 Å². The number of carbonyl (C=O) groups is 1. The lowest BCUT2D eigenvalue weighted by atomic mass is 9.94. The molecule has 1 aromatic heterocycles. The molecule has 30 heavy (non-hydrogen) atoms. The van der Waals surface area contributed by atoms with Crippen LogP contribution in [0.5, 0.6) is 0 Å². The fraction of sp³-hybridized carbons (Fsp3) is 0.440. The van der Waals surface area contributed by atoms with E-state index in [-0.39, 0.29) is 5.91 Å². The molecule has 1 aliphatic heterocycles. The van der Waals surface area contributed by atoms with Crippen molar-refractivity contribution in [1.29, 1.82) is 0 Å². The predicted octanol–water partition coefficient (Wildman–Crippen LogP) is 4.51. The van der Waals surface area contributed by atoms with E-state index >= 15 is 0 Å². The first kappa shape index (κ1) is 19.3. The third kappa shape index (κ3) is 4.12. The van der Waals surface area contributed by atoms with Crippen molar-refractivity contribution in [2.24, 2.45) is 0 Å². The van der Waals surface area contributed by atoms with Gasteiger partial charge in [-0.05, 0) is 36.6 Å². The molecule has 5 rings (SSSR count). The SMILES string of the molecule is O=C(c1ccc2oc(Cc3ccccc3)nc2c1)N1CCN(C2CCCCC2)CC1. The Bertz CT molecular complexity index is 1000. The molecule has 2 aliphatic rings. The van der Waals surface area contributed by atoms with E-state index in [2.05, 4.69) is 22.0 Å². The summed E-state index contributed by atoms with van der Waals surface area (Å²) in [6, 6.07) is 16.5. The summed E-state index contributed by atoms with van der Waals surface area (Å²) in [6.07, 6.45) is 7.39. The van der Waals surface area contributed by atoms with Crippen LogP contribution in [0.4, 0.5) is 0 Å². The minimum absolute atomic E-state index is 0.104. The largest absolute Gasteiger partial charge is 0.440 e. The fourth-order valence-corrected chi connectivity index (χ4v) is 4.87. The van der Waals surface area contributed by atoms with Gasteiger partial charge in [0.05, 0.1) is 0 Å². The van der Waals surface area contributed by atoms with E-state index in [1.54, 1.807) is 0 Å². The summed E-state index contributed by atoms with van der Waals surface area (Å²) in [4.78, 5) is 22.3. The zero-order chi connectivity index (χ0) is 20.3. The molecule has 1 saturated heterocycles. The number of hydrogen-bond donors (Lipinski definition) is 0. The predicted molar refractivity (Wildman–Crippen MR) is 118 cm³/mol. The summed E-state index contributed by atoms with van der Waals surface area (Å²) in [5.41, 5.74) is 3.36. The summed E-state index contributed by atoms with van der Waals surface area (Å²) in [7, 11) is 0. The van der Waals surface area contributed by atoms with Crippen LogP contribution in [0, 0.1) is 0 Å². The van der Waals surface area contributed by atoms with Crippen molar-refractivity contribution in [2.75, 3.05) is 26.2 Å². The Balaban J connectivity index is 1.25. The van der Waals surface area contributed by atoms with Crippen molar-refractivity contribution in [2.45, 2.75) is 44.6 Å². The Morgan fingerprint density at radius 2 is 1.73 bits per heavy atom. The molecule has 2 fully saturated rings. The highest BCUT2D eigenvalue weighted by Gasteiger charge is 2.27. The quantitative estimate of drug-likeness (QED) is 0.643. The molecule has 2 aromatic carbocycles. The Hall–Kier alpha value is -2.66. The first-order valence-corrected chi connectivity index (χ1v) is 11.2. The van der Waals surface area contributed by atoms with Crippen LogP contribution in [0.1, 0.15) is 53.9 Å². The highest BCUT2D eigenvalue weighted by atomic mass is 16.3. The zero-order valence-electron chi connectivity index (χ0n) is 17.4. The smallest absolute Gasteiger partial charge is 0.254 e. The van der Waals surface area contributed by atoms with Gasteiger partial charge in [-0.3, -0.25) is 9.69 Å². The lowest BCUT2D eigenvalue weighted by Crippen LogP contribution is -2.52. The van der Waals surface area contributed by atoms with Crippen LogP contribution >= 0.6 is 0 Å². The summed E-state index contributed by atoms with van der Waals surface area (Å²) in [6.45, 7) is 3.60. The van der Waals surface area contributed by atoms with Crippen molar-refractivity contribution in [3.63, 3.8) is 0 Å². The van der Waals surface area contributed by atoms with Crippen molar-refractivity contribution >= 4 is 17.0 Å². The van der Waals surface area contributed by atoms with Gasteiger partial charge in [0.25, 0.3) is 5.91 Å². The minimum atomic E-state index is 0.104. The molecule has 5 heteroatoms. The standard InChI is InChI=1S/C25H29N3O2/c29-25(28-15-13-27(14-16-28)21-9-5-2-6-10-21)20-11-12-23-22(18-20)26-24(30-23)17-19-7-3-1-4-8-19/h1,3-4,7-8,11-12,18,21H,2,5-6,9-10,13-17H2. The number of hydrogen-bond acceptors (Lipinski definition) is 4. The van der Waals surface area contributed by atoms with Crippen LogP contribution in [0.2, 0.25) is 0 Å². The van der Waals surface area contributed by atoms with E-state index < -0.39 is 0 Å². The van der Waals surface area contributed by atoms with Crippen LogP contribution in [0.15, 0.2) is 52.9 Å². The lowest BCUT2D eigenvalue weighted by molar-refractivity contribution is 0.0523. The summed E-state index contributed by atoms with van der Waals surface area (Å²) < 4.78 is 5.89. The number of oxazole rings is 1. The van der Waals surface area contributed by atoms with Gasteiger partial charge in [-0.15, -0.1) is 0 Å². The molecule has 5 nitrogen and oxygen atoms in total. The average molecular weight is 404 g/mol. The number of carbonyl (C=O) groups excluding carboxylic acids is 1. The number of piperazine rings is 1. The normalized spacial score (nSPS) is 18.7. The molecular formula is C25H29N3O2. The highest BCUT2D eigenvalue weighted by molar-refractivity contribution is 5.97. The van der Waals surface area contributed by atoms with E-state index in [1.165, 1.54) is 32.1 Å². The molecule has 0 atom stereocenters. The molecule has 0 radical (unpaired) electrons. The van der Waals surface area contributed by atoms with Gasteiger partial charge in [-0.25, -0.2) is 4.98 Å². The van der Waals surface area contributed by atoms with Crippen LogP contribution in [-0.4, -0.2) is 52.9 Å². The van der Waals surface area contributed by atoms with Gasteiger partial charge in [-0.1, -0.05) is 49.6 Å². The minimum Gasteiger partial charge on any atom is -0.440 e. The van der Waals surface area contributed by atoms with E-state index in [1.807, 2.05) is 41.3 Å². The van der Waals surface area contributed by atoms with E-state index in [9.17, 15) is 4.79 Å². The maximum absolute atomic E-state index is 13.1. The van der Waals surface area contributed by atoms with Gasteiger partial charge in [0.15, 0.2) is 11.5 Å². The van der Waals surface area contributed by atoms with Gasteiger partial charge in [0, 0.05) is 44.2 Å². The van der Waals surface area contributed by atoms with Crippen molar-refractivity contribution in [3.05, 3.63) is 65.5 Å². The molecule has 0 N–H and O–H groups in total. The number of aromatic nitrogens is 1. The van der Waals surface area contributed by atoms with Gasteiger partial charge in [0.2, 0.25) is 0 Å². The molecule has 0 bridgehead atoms. The number of nitrogens with zero attached hydrogens (tertiary/aromatic N) is 3. The van der Waals surface area contributed by atoms with Gasteiger partial charge in [-0.2, -0.15) is 0 Å². The molecule has 0 unspecified atom stereocenters. The number of fused-ring (bicyclic) bond motifs is 1. The summed E-state index contributed by atoms with van der Waals surface area (Å²) >= 11 is 0. The molecule has 156 valence electrons. The molecular weight excluding hydrogens is 374 g/mol. The van der Waals surface area contributed by atoms with Crippen LogP contribution in [0.3, 0.4) is 0 Å². The summed E-state index contributed by atoms with van der Waals surface area (Å²) in [5.74, 6) is 0.787. The first-order chi connectivity index (χ1) is 14.8. The maximum atomic E-state index is 13.1. The third-order valence-corrected chi connectivity index (χ3v) is 6.57. The van der Waals surface area contributed by atoms with E-state index in [0.717, 1.165) is 48.9 Å². The Morgan fingerprint density at radius 1 is 0.967 bits per heavy atom. The Kier molecular flexibility index (Phi) is 5.54. The number of rotatable bonds is 4. The fourth-order valence-electron chi connectivity index (χ4n) is 4.87. The second kappa shape index (κ2) is 8.60. The molecule has 1 saturated carbocycles. The molecule has 1 amide bonds. The molecule has 0 spiro atoms. The Morgan fingerprint density at radius 3 is 2.50 bits per heavy atom. The van der Waals surface area contributed by atoms with Crippen LogP contribution < -0.4 is 0 Å². The first-order valence-electron chi connectivity index (χ1n) is 11.2. The van der Waals surface area contributed by atoms with E-state index in [0.29, 0.717) is 17.9 Å². The third-order valence-electron chi connectivity index (χ3n) is 6.57. The molecule has 1 aliphatic carbocycles. The molecule has 3 aromatic rings. The average Bonchev–Trinajstić information content (AvgIpc) is 3.21. The topological polar surface area (TPSA) is 49.6 Å². The van der Waals surface area contributed by atoms with Gasteiger partial charge >= 0.3 is 0 Å². The van der Waals surface area contributed by atoms with Crippen LogP contribution in [0.25, 0.3) is 11.1 Å². The van der Waals surface area contributed by atoms with Crippen LogP contribution in [-0.2, 0) is 6.42 Å². The Labute approximate surface area is 177 Å². The molecule has 2 heterocycles. The maximum Gasteiger partial charge on any atom is 0.254 e. The number of amides is 1. The van der Waals surface area contributed by atoms with E-state index in [4.69, 9.17) is 4.42 Å². The van der Waals surface area contributed by atoms with Gasteiger partial charge in [0.1, 0.15) is 5.52 Å². The summed E-state index contributed by atoms with van der Waals surface area (Å²) in [5, 5.41) is 0. The monoisotopic (exact) mass is 403 g/mol. The lowest BCUT2D eigenvalue weighted by Gasteiger charge is -2.40. The van der Waals surface area contributed by atoms with Crippen molar-refractivity contribution in [3.8, 4) is 0 Å². The zero-order valence-corrected chi connectivity index (χ0v) is 17.4. The second-order valence-corrected chi connectivity index (χ2v) is 8.57.